The molecule has 0 heterocycles. The quantitative estimate of drug-likeness (QED) is 0.0537. The van der Waals surface area contributed by atoms with Gasteiger partial charge in [-0.1, -0.05) is 192 Å². The predicted octanol–water partition coefficient (Wildman–Crippen LogP) is 21.6. The van der Waals surface area contributed by atoms with Crippen LogP contribution in [0, 0.1) is 0 Å². The molecule has 0 N–H and O–H groups in total. The molecule has 0 saturated heterocycles. The highest BCUT2D eigenvalue weighted by Crippen LogP contribution is 2.20. The summed E-state index contributed by atoms with van der Waals surface area (Å²) in [5.41, 5.74) is 0. The Labute approximate surface area is 704 Å². The van der Waals surface area contributed by atoms with E-state index in [-0.39, 0.29) is 0 Å². The molecule has 0 fully saturated rings. The molecule has 21 heteroatoms. The van der Waals surface area contributed by atoms with Gasteiger partial charge in [0.1, 0.15) is 0 Å². The fraction of sp³-hybridized carbons (Fsp3) is 0.920. The molecule has 108 heavy (non-hydrogen) atoms. The van der Waals surface area contributed by atoms with Crippen LogP contribution >= 0.6 is 82.3 Å². The van der Waals surface area contributed by atoms with E-state index in [9.17, 15) is 33.6 Å². The zero-order chi connectivity index (χ0) is 84.3. The normalized spacial score (nSPS) is 11.7. The standard InChI is InChI=1S/C15H32NOS.2C14H30NOS.C13H28NOS.C12H26NOS.C10H22NOS.C9H20NOS/c1-5-9-10-15(17)18-14-13-16(8-4,11-6-2)12-7-3;2*1-5-9-14(16)17-13-12-15(8-4,10-6-2)11-7-3;1-5-9-10-13(15)16-12-11-14(6-2,7-3)8-4;1-5-9-12(14)15-11-10-13(6-2,7-3)8-4;1-5-6-7-10(12)13-9-8-11(2,3)4;1-5-6-9(11)12-8-7-10(2,3)4/h5-14H2,1-4H3;2*5-13H2,1-4H3;5-12H2,1-4H3;5-11H2,1-4H3;5-9H2,1-4H3;5-8H2,1-4H3/q7*+1. The van der Waals surface area contributed by atoms with Crippen LogP contribution in [0.15, 0.2) is 0 Å². The highest BCUT2D eigenvalue weighted by Gasteiger charge is 2.27. The second-order valence-corrected chi connectivity index (χ2v) is 39.5. The smallest absolute Gasteiger partial charge is 0.189 e. The summed E-state index contributed by atoms with van der Waals surface area (Å²) in [6, 6.07) is 0. The zero-order valence-electron chi connectivity index (χ0n) is 77.1. The molecule has 14 nitrogen and oxygen atoms in total. The Morgan fingerprint density at radius 2 is 0.324 bits per heavy atom. The number of hydrogen-bond acceptors (Lipinski definition) is 14. The predicted molar refractivity (Wildman–Crippen MR) is 498 cm³/mol. The largest absolute Gasteiger partial charge is 0.330 e. The second kappa shape index (κ2) is 80.6. The van der Waals surface area contributed by atoms with E-state index in [0.29, 0.717) is 35.8 Å². The summed E-state index contributed by atoms with van der Waals surface area (Å²) in [7, 11) is 12.9. The lowest BCUT2D eigenvalue weighted by molar-refractivity contribution is -0.924. The maximum Gasteiger partial charge on any atom is 0.189 e. The van der Waals surface area contributed by atoms with Crippen LogP contribution in [0.5, 0.6) is 0 Å². The number of rotatable bonds is 59. The third kappa shape index (κ3) is 75.9. The molecule has 0 aliphatic rings. The van der Waals surface area contributed by atoms with Crippen LogP contribution in [0.25, 0.3) is 0 Å². The molecule has 0 spiro atoms. The molecule has 0 unspecified atom stereocenters. The van der Waals surface area contributed by atoms with Crippen LogP contribution in [-0.2, 0) is 33.6 Å². The van der Waals surface area contributed by atoms with Gasteiger partial charge in [-0.15, -0.1) is 0 Å². The van der Waals surface area contributed by atoms with Crippen LogP contribution in [-0.4, -0.2) is 294 Å². The first-order valence-corrected chi connectivity index (χ1v) is 50.9. The van der Waals surface area contributed by atoms with Gasteiger partial charge in [0, 0.05) is 44.9 Å². The molecule has 0 aliphatic carbocycles. The summed E-state index contributed by atoms with van der Waals surface area (Å²) >= 11 is 10.7. The highest BCUT2D eigenvalue weighted by atomic mass is 32.2. The average molecular weight is 1670 g/mol. The van der Waals surface area contributed by atoms with Gasteiger partial charge in [0.05, 0.1) is 227 Å². The first-order chi connectivity index (χ1) is 51.1. The van der Waals surface area contributed by atoms with E-state index >= 15 is 0 Å². The van der Waals surface area contributed by atoms with Crippen molar-refractivity contribution < 1.29 is 64.9 Å². The van der Waals surface area contributed by atoms with Crippen molar-refractivity contribution in [2.75, 3.05) is 227 Å². The number of quaternary nitrogens is 7. The summed E-state index contributed by atoms with van der Waals surface area (Å²) in [5.74, 6) is 6.84. The Bertz CT molecular complexity index is 2010. The lowest BCUT2D eigenvalue weighted by Crippen LogP contribution is -2.50. The minimum Gasteiger partial charge on any atom is -0.330 e. The van der Waals surface area contributed by atoms with Crippen molar-refractivity contribution >= 4 is 118 Å². The summed E-state index contributed by atoms with van der Waals surface area (Å²) in [6.45, 7) is 74.5. The maximum absolute atomic E-state index is 11.6. The third-order valence-electron chi connectivity index (χ3n) is 20.4. The monoisotopic (exact) mass is 1670 g/mol. The number of carbonyl (C=O) groups is 7. The summed E-state index contributed by atoms with van der Waals surface area (Å²) < 4.78 is 7.75. The number of hydrogen-bond donors (Lipinski definition) is 0. The first kappa shape index (κ1) is 121. The van der Waals surface area contributed by atoms with Crippen LogP contribution in [0.1, 0.15) is 300 Å². The molecular formula is C87H188N7O7S7+7. The SMILES string of the molecule is CCCC(=O)SCC[N+](C)(C)C.CCCC(=O)SCC[N+](CC)(CC)CC.CCCC(=O)SCC[N+](CC)(CCC)CCC.CCCC(=O)SCC[N+](CC)(CCC)CCC.CCCCC(=O)SCC[N+](C)(C)C.CCCCC(=O)SCC[N+](CC)(CC)CC.CCCCC(=O)SCC[N+](CC)(CCC)CCC. The van der Waals surface area contributed by atoms with Gasteiger partial charge >= 0.3 is 0 Å². The van der Waals surface area contributed by atoms with Crippen LogP contribution in [0.2, 0.25) is 0 Å². The lowest BCUT2D eigenvalue weighted by Gasteiger charge is -2.37. The van der Waals surface area contributed by atoms with Gasteiger partial charge in [-0.2, -0.15) is 0 Å². The zero-order valence-corrected chi connectivity index (χ0v) is 82.8. The highest BCUT2D eigenvalue weighted by molar-refractivity contribution is 8.15. The Morgan fingerprint density at radius 3 is 0.454 bits per heavy atom. The number of thioether (sulfide) groups is 7. The van der Waals surface area contributed by atoms with Crippen LogP contribution < -0.4 is 0 Å². The molecule has 0 aromatic heterocycles. The third-order valence-corrected chi connectivity index (χ3v) is 26.8. The van der Waals surface area contributed by atoms with Crippen molar-refractivity contribution in [3.8, 4) is 0 Å². The van der Waals surface area contributed by atoms with Gasteiger partial charge in [0.25, 0.3) is 0 Å². The fourth-order valence-corrected chi connectivity index (χ4v) is 20.0. The number of unbranched alkanes of at least 4 members (excludes halogenated alkanes) is 3. The van der Waals surface area contributed by atoms with Crippen molar-refractivity contribution in [1.82, 2.24) is 0 Å². The number of carbonyl (C=O) groups excluding carboxylic acids is 7. The van der Waals surface area contributed by atoms with Gasteiger partial charge in [-0.3, -0.25) is 33.6 Å². The van der Waals surface area contributed by atoms with Gasteiger partial charge in [0.15, 0.2) is 35.8 Å². The molecule has 0 aromatic carbocycles. The van der Waals surface area contributed by atoms with Gasteiger partial charge in [-0.05, 0) is 146 Å². The minimum absolute atomic E-state index is 0.339. The Morgan fingerprint density at radius 1 is 0.176 bits per heavy atom. The minimum atomic E-state index is 0.339. The molecule has 0 rings (SSSR count). The van der Waals surface area contributed by atoms with E-state index < -0.39 is 0 Å². The Kier molecular flexibility index (Phi) is 90.4. The maximum atomic E-state index is 11.6. The molecule has 0 amide bonds. The van der Waals surface area contributed by atoms with Crippen molar-refractivity contribution in [2.45, 2.75) is 300 Å². The Hall–Kier alpha value is -0.140. The molecule has 0 aromatic rings. The molecule has 648 valence electrons. The average Bonchev–Trinajstić information content (AvgIpc) is 0.888. The van der Waals surface area contributed by atoms with E-state index in [0.717, 1.165) is 213 Å². The second-order valence-electron chi connectivity index (χ2n) is 31.4. The van der Waals surface area contributed by atoms with E-state index in [1.54, 1.807) is 35.3 Å². The molecule has 0 atom stereocenters. The molecular weight excluding hydrogens is 1480 g/mol. The van der Waals surface area contributed by atoms with Gasteiger partial charge < -0.3 is 31.4 Å². The Balaban J connectivity index is -0.000000221. The van der Waals surface area contributed by atoms with Crippen LogP contribution in [0.4, 0.5) is 0 Å². The van der Waals surface area contributed by atoms with Crippen molar-refractivity contribution in [1.29, 1.82) is 0 Å². The molecule has 0 radical (unpaired) electrons. The summed E-state index contributed by atoms with van der Waals surface area (Å²) in [6.07, 6.45) is 23.0. The lowest BCUT2D eigenvalue weighted by atomic mass is 10.2. The summed E-state index contributed by atoms with van der Waals surface area (Å²) in [4.78, 5) is 79.8. The van der Waals surface area contributed by atoms with E-state index in [2.05, 4.69) is 188 Å². The van der Waals surface area contributed by atoms with Crippen molar-refractivity contribution in [3.63, 3.8) is 0 Å². The molecule has 0 saturated carbocycles. The fourth-order valence-electron chi connectivity index (χ4n) is 12.5. The van der Waals surface area contributed by atoms with E-state index in [4.69, 9.17) is 0 Å². The van der Waals surface area contributed by atoms with Crippen LogP contribution in [0.3, 0.4) is 0 Å². The van der Waals surface area contributed by atoms with Crippen molar-refractivity contribution in [3.05, 3.63) is 0 Å². The van der Waals surface area contributed by atoms with Crippen molar-refractivity contribution in [2.24, 2.45) is 0 Å². The summed E-state index contributed by atoms with van der Waals surface area (Å²) in [5, 5.41) is 2.56. The van der Waals surface area contributed by atoms with E-state index in [1.165, 1.54) is 197 Å². The first-order valence-electron chi connectivity index (χ1n) is 44.0. The topological polar surface area (TPSA) is 119 Å². The van der Waals surface area contributed by atoms with Gasteiger partial charge in [0.2, 0.25) is 0 Å². The molecule has 0 bridgehead atoms. The van der Waals surface area contributed by atoms with E-state index in [1.807, 2.05) is 6.92 Å². The van der Waals surface area contributed by atoms with Gasteiger partial charge in [-0.25, -0.2) is 0 Å². The molecule has 0 aliphatic heterocycles. The number of nitrogens with zero attached hydrogens (tertiary/aromatic N) is 7.